The molecule has 0 spiro atoms. The predicted octanol–water partition coefficient (Wildman–Crippen LogP) is -1.02. The lowest BCUT2D eigenvalue weighted by molar-refractivity contribution is 0.0758. The molecule has 0 radical (unpaired) electrons. The van der Waals surface area contributed by atoms with E-state index in [-0.39, 0.29) is 17.2 Å². The molecule has 1 aliphatic rings. The van der Waals surface area contributed by atoms with Crippen LogP contribution in [0.3, 0.4) is 0 Å². The smallest absolute Gasteiger partial charge is 0.274 e. The summed E-state index contributed by atoms with van der Waals surface area (Å²) in [6, 6.07) is 0. The van der Waals surface area contributed by atoms with Crippen LogP contribution in [0.25, 0.3) is 0 Å². The summed E-state index contributed by atoms with van der Waals surface area (Å²) in [5.41, 5.74) is -0.142. The van der Waals surface area contributed by atoms with Crippen LogP contribution in [-0.2, 0) is 0 Å². The molecular formula is C9H11N3O3. The van der Waals surface area contributed by atoms with Crippen LogP contribution >= 0.6 is 0 Å². The van der Waals surface area contributed by atoms with Gasteiger partial charge in [0, 0.05) is 19.3 Å². The van der Waals surface area contributed by atoms with Crippen LogP contribution < -0.4 is 5.56 Å². The fourth-order valence-electron chi connectivity index (χ4n) is 1.55. The lowest BCUT2D eigenvalue weighted by Crippen LogP contribution is -2.30. The van der Waals surface area contributed by atoms with Crippen molar-refractivity contribution in [3.63, 3.8) is 0 Å². The Bertz CT molecular complexity index is 408. The summed E-state index contributed by atoms with van der Waals surface area (Å²) < 4.78 is 0. The van der Waals surface area contributed by atoms with Crippen molar-refractivity contribution in [1.29, 1.82) is 0 Å². The number of likely N-dealkylation sites (tertiary alicyclic amines) is 1. The fourth-order valence-corrected chi connectivity index (χ4v) is 1.55. The van der Waals surface area contributed by atoms with E-state index in [0.29, 0.717) is 19.5 Å². The fraction of sp³-hybridized carbons (Fsp3) is 0.444. The maximum Gasteiger partial charge on any atom is 0.274 e. The van der Waals surface area contributed by atoms with Gasteiger partial charge in [0.1, 0.15) is 5.69 Å². The summed E-state index contributed by atoms with van der Waals surface area (Å²) in [6.07, 6.45) is 2.50. The van der Waals surface area contributed by atoms with Gasteiger partial charge in [-0.15, -0.1) is 0 Å². The molecule has 1 fully saturated rings. The van der Waals surface area contributed by atoms with Crippen molar-refractivity contribution in [2.75, 3.05) is 13.1 Å². The Morgan fingerprint density at radius 2 is 2.47 bits per heavy atom. The number of aromatic nitrogens is 2. The molecule has 1 saturated heterocycles. The van der Waals surface area contributed by atoms with Crippen LogP contribution in [0, 0.1) is 0 Å². The zero-order chi connectivity index (χ0) is 10.8. The maximum absolute atomic E-state index is 11.7. The van der Waals surface area contributed by atoms with Crippen molar-refractivity contribution >= 4 is 5.91 Å². The summed E-state index contributed by atoms with van der Waals surface area (Å²) in [7, 11) is 0. The van der Waals surface area contributed by atoms with Crippen molar-refractivity contribution in [3.8, 4) is 0 Å². The van der Waals surface area contributed by atoms with Crippen molar-refractivity contribution < 1.29 is 9.90 Å². The average Bonchev–Trinajstić information content (AvgIpc) is 2.65. The number of carbonyl (C=O) groups excluding carboxylic acids is 1. The Hall–Kier alpha value is -1.69. The molecule has 2 N–H and O–H groups in total. The quantitative estimate of drug-likeness (QED) is 0.619. The number of rotatable bonds is 1. The number of hydrogen-bond donors (Lipinski definition) is 2. The molecule has 0 saturated carbocycles. The Morgan fingerprint density at radius 1 is 1.67 bits per heavy atom. The highest BCUT2D eigenvalue weighted by molar-refractivity contribution is 5.92. The second-order valence-electron chi connectivity index (χ2n) is 3.49. The molecule has 2 heterocycles. The van der Waals surface area contributed by atoms with E-state index in [1.54, 1.807) is 0 Å². The van der Waals surface area contributed by atoms with Gasteiger partial charge in [-0.2, -0.15) is 0 Å². The Kier molecular flexibility index (Phi) is 2.51. The normalized spacial score (nSPS) is 20.6. The standard InChI is InChI=1S/C9H11N3O3/c13-6-1-2-12(5-6)9(15)7-3-11-8(14)4-10-7/h3-4,6,13H,1-2,5H2,(H,11,14)/t6-/m0/s1. The summed E-state index contributed by atoms with van der Waals surface area (Å²) in [6.45, 7) is 0.862. The molecule has 1 aromatic heterocycles. The van der Waals surface area contributed by atoms with Gasteiger partial charge >= 0.3 is 0 Å². The lowest BCUT2D eigenvalue weighted by atomic mass is 10.3. The molecule has 1 aliphatic heterocycles. The number of aliphatic hydroxyl groups excluding tert-OH is 1. The molecular weight excluding hydrogens is 198 g/mol. The third-order valence-corrected chi connectivity index (χ3v) is 2.34. The average molecular weight is 209 g/mol. The van der Waals surface area contributed by atoms with Crippen LogP contribution in [0.4, 0.5) is 0 Å². The number of nitrogens with one attached hydrogen (secondary N) is 1. The van der Waals surface area contributed by atoms with Gasteiger partial charge in [-0.05, 0) is 6.42 Å². The molecule has 0 aromatic carbocycles. The first kappa shape index (κ1) is 9.85. The predicted molar refractivity (Wildman–Crippen MR) is 51.4 cm³/mol. The Morgan fingerprint density at radius 3 is 3.00 bits per heavy atom. The SMILES string of the molecule is O=C(c1c[nH]c(=O)cn1)N1CC[C@H](O)C1. The highest BCUT2D eigenvalue weighted by Gasteiger charge is 2.25. The van der Waals surface area contributed by atoms with E-state index in [2.05, 4.69) is 9.97 Å². The zero-order valence-corrected chi connectivity index (χ0v) is 8.01. The van der Waals surface area contributed by atoms with Gasteiger partial charge in [0.15, 0.2) is 0 Å². The minimum atomic E-state index is -0.447. The third kappa shape index (κ3) is 2.04. The van der Waals surface area contributed by atoms with E-state index < -0.39 is 6.10 Å². The second kappa shape index (κ2) is 3.82. The van der Waals surface area contributed by atoms with E-state index in [0.717, 1.165) is 6.20 Å². The van der Waals surface area contributed by atoms with E-state index in [4.69, 9.17) is 0 Å². The highest BCUT2D eigenvalue weighted by Crippen LogP contribution is 2.11. The first-order chi connectivity index (χ1) is 7.16. The third-order valence-electron chi connectivity index (χ3n) is 2.34. The van der Waals surface area contributed by atoms with E-state index >= 15 is 0 Å². The van der Waals surface area contributed by atoms with Crippen LogP contribution in [0.5, 0.6) is 0 Å². The number of aromatic amines is 1. The molecule has 0 aliphatic carbocycles. The minimum Gasteiger partial charge on any atom is -0.391 e. The molecule has 15 heavy (non-hydrogen) atoms. The van der Waals surface area contributed by atoms with Crippen LogP contribution in [0.1, 0.15) is 16.9 Å². The molecule has 1 atom stereocenters. The number of aliphatic hydroxyl groups is 1. The molecule has 0 unspecified atom stereocenters. The number of amides is 1. The zero-order valence-electron chi connectivity index (χ0n) is 8.01. The van der Waals surface area contributed by atoms with Crippen LogP contribution in [0.2, 0.25) is 0 Å². The number of nitrogens with zero attached hydrogens (tertiary/aromatic N) is 2. The Labute approximate surface area is 85.6 Å². The van der Waals surface area contributed by atoms with Crippen molar-refractivity contribution in [1.82, 2.24) is 14.9 Å². The van der Waals surface area contributed by atoms with Gasteiger partial charge in [-0.3, -0.25) is 9.59 Å². The summed E-state index contributed by atoms with van der Waals surface area (Å²) >= 11 is 0. The van der Waals surface area contributed by atoms with Crippen LogP contribution in [-0.4, -0.2) is 45.1 Å². The van der Waals surface area contributed by atoms with E-state index in [9.17, 15) is 14.7 Å². The number of hydrogen-bond acceptors (Lipinski definition) is 4. The minimum absolute atomic E-state index is 0.198. The molecule has 0 bridgehead atoms. The van der Waals surface area contributed by atoms with Crippen LogP contribution in [0.15, 0.2) is 17.2 Å². The summed E-state index contributed by atoms with van der Waals surface area (Å²) in [5.74, 6) is -0.261. The monoisotopic (exact) mass is 209 g/mol. The van der Waals surface area contributed by atoms with Gasteiger partial charge in [-0.1, -0.05) is 0 Å². The first-order valence-electron chi connectivity index (χ1n) is 4.69. The largest absolute Gasteiger partial charge is 0.391 e. The molecule has 6 nitrogen and oxygen atoms in total. The van der Waals surface area contributed by atoms with Crippen molar-refractivity contribution in [2.45, 2.75) is 12.5 Å². The molecule has 6 heteroatoms. The van der Waals surface area contributed by atoms with Gasteiger partial charge in [0.05, 0.1) is 12.3 Å². The molecule has 80 valence electrons. The van der Waals surface area contributed by atoms with Gasteiger partial charge < -0.3 is 15.0 Å². The van der Waals surface area contributed by atoms with Gasteiger partial charge in [0.2, 0.25) is 0 Å². The molecule has 1 amide bonds. The number of β-amino-alcohol motifs (C(OH)–C–C–N with tert-alkyl or cyclic N) is 1. The van der Waals surface area contributed by atoms with E-state index in [1.807, 2.05) is 0 Å². The Balaban J connectivity index is 2.14. The van der Waals surface area contributed by atoms with Crippen molar-refractivity contribution in [2.24, 2.45) is 0 Å². The first-order valence-corrected chi connectivity index (χ1v) is 4.69. The summed E-state index contributed by atoms with van der Waals surface area (Å²) in [4.78, 5) is 30.1. The van der Waals surface area contributed by atoms with Gasteiger partial charge in [0.25, 0.3) is 11.5 Å². The number of H-pyrrole nitrogens is 1. The maximum atomic E-state index is 11.7. The number of carbonyl (C=O) groups is 1. The molecule has 2 rings (SSSR count). The highest BCUT2D eigenvalue weighted by atomic mass is 16.3. The molecule has 1 aromatic rings. The topological polar surface area (TPSA) is 86.3 Å². The summed E-state index contributed by atoms with van der Waals surface area (Å²) in [5, 5.41) is 9.27. The van der Waals surface area contributed by atoms with Gasteiger partial charge in [-0.25, -0.2) is 4.98 Å². The second-order valence-corrected chi connectivity index (χ2v) is 3.49. The van der Waals surface area contributed by atoms with E-state index in [1.165, 1.54) is 11.1 Å². The van der Waals surface area contributed by atoms with Crippen molar-refractivity contribution in [3.05, 3.63) is 28.4 Å². The lowest BCUT2D eigenvalue weighted by Gasteiger charge is -2.14.